The van der Waals surface area contributed by atoms with Crippen molar-refractivity contribution in [1.82, 2.24) is 15.1 Å². The lowest BCUT2D eigenvalue weighted by Gasteiger charge is -2.37. The molecule has 6 nitrogen and oxygen atoms in total. The summed E-state index contributed by atoms with van der Waals surface area (Å²) in [5.41, 5.74) is 0.291. The van der Waals surface area contributed by atoms with Crippen molar-refractivity contribution in [3.63, 3.8) is 0 Å². The van der Waals surface area contributed by atoms with Crippen molar-refractivity contribution in [2.75, 3.05) is 57.9 Å². The molecule has 2 N–H and O–H groups in total. The first-order chi connectivity index (χ1) is 13.5. The number of hydrogen-bond donors (Lipinski definition) is 2. The van der Waals surface area contributed by atoms with E-state index in [1.807, 2.05) is 6.07 Å². The van der Waals surface area contributed by atoms with E-state index in [0.717, 1.165) is 68.7 Å². The first-order valence-corrected chi connectivity index (χ1v) is 11.1. The zero-order chi connectivity index (χ0) is 20.0. The molecule has 156 valence electrons. The zero-order valence-corrected chi connectivity index (χ0v) is 17.6. The van der Waals surface area contributed by atoms with Crippen LogP contribution in [-0.4, -0.2) is 84.4 Å². The van der Waals surface area contributed by atoms with Crippen molar-refractivity contribution in [2.24, 2.45) is 4.99 Å². The molecule has 1 aromatic carbocycles. The number of halogens is 1. The molecule has 2 fully saturated rings. The Kier molecular flexibility index (Phi) is 7.42. The van der Waals surface area contributed by atoms with Gasteiger partial charge in [-0.3, -0.25) is 9.89 Å². The average molecular weight is 411 g/mol. The van der Waals surface area contributed by atoms with E-state index in [-0.39, 0.29) is 11.6 Å². The van der Waals surface area contributed by atoms with E-state index in [2.05, 4.69) is 22.0 Å². The summed E-state index contributed by atoms with van der Waals surface area (Å²) in [6.07, 6.45) is 0.812. The first kappa shape index (κ1) is 21.2. The highest BCUT2D eigenvalue weighted by Gasteiger charge is 2.32. The molecular weight excluding hydrogens is 379 g/mol. The third-order valence-corrected chi connectivity index (χ3v) is 6.47. The number of hydrogen-bond acceptors (Lipinski definition) is 5. The van der Waals surface area contributed by atoms with Gasteiger partial charge in [0.15, 0.2) is 17.5 Å². The second-order valence-electron chi connectivity index (χ2n) is 7.43. The van der Waals surface area contributed by atoms with Crippen LogP contribution < -0.4 is 10.1 Å². The molecule has 0 amide bonds. The number of piperazine rings is 1. The number of rotatable bonds is 6. The highest BCUT2D eigenvalue weighted by molar-refractivity contribution is 7.99. The molecular formula is C20H31FN4O2S. The van der Waals surface area contributed by atoms with Gasteiger partial charge in [-0.05, 0) is 36.8 Å². The molecule has 0 bridgehead atoms. The predicted molar refractivity (Wildman–Crippen MR) is 113 cm³/mol. The van der Waals surface area contributed by atoms with E-state index in [0.29, 0.717) is 6.54 Å². The highest BCUT2D eigenvalue weighted by Crippen LogP contribution is 2.28. The summed E-state index contributed by atoms with van der Waals surface area (Å²) in [4.78, 5) is 9.29. The molecule has 2 saturated heterocycles. The van der Waals surface area contributed by atoms with Gasteiger partial charge in [0.05, 0.1) is 19.3 Å². The van der Waals surface area contributed by atoms with Crippen LogP contribution in [0.4, 0.5) is 4.39 Å². The molecule has 0 radical (unpaired) electrons. The SMILES string of the molecule is CCNC(=NCC1(O)CCSC1)N1CCN(Cc2ccc(OC)c(F)c2)CC1. The lowest BCUT2D eigenvalue weighted by atomic mass is 10.0. The second-order valence-corrected chi connectivity index (χ2v) is 8.53. The summed E-state index contributed by atoms with van der Waals surface area (Å²) in [6.45, 7) is 7.53. The van der Waals surface area contributed by atoms with Gasteiger partial charge in [0, 0.05) is 45.0 Å². The minimum absolute atomic E-state index is 0.280. The Morgan fingerprint density at radius 2 is 2.14 bits per heavy atom. The first-order valence-electron chi connectivity index (χ1n) is 9.91. The lowest BCUT2D eigenvalue weighted by Crippen LogP contribution is -2.52. The standard InChI is InChI=1S/C20H31FN4O2S/c1-3-22-19(23-14-20(26)6-11-28-15-20)25-9-7-24(8-10-25)13-16-4-5-18(27-2)17(21)12-16/h4-5,12,26H,3,6-11,13-15H2,1-2H3,(H,22,23). The van der Waals surface area contributed by atoms with Gasteiger partial charge in [-0.1, -0.05) is 6.07 Å². The predicted octanol–water partition coefficient (Wildman–Crippen LogP) is 1.79. The van der Waals surface area contributed by atoms with Crippen molar-refractivity contribution in [3.8, 4) is 5.75 Å². The molecule has 8 heteroatoms. The molecule has 0 spiro atoms. The van der Waals surface area contributed by atoms with E-state index in [4.69, 9.17) is 9.73 Å². The molecule has 2 aliphatic heterocycles. The molecule has 1 aromatic rings. The normalized spacial score (nSPS) is 23.9. The molecule has 3 rings (SSSR count). The molecule has 28 heavy (non-hydrogen) atoms. The fourth-order valence-corrected chi connectivity index (χ4v) is 4.84. The summed E-state index contributed by atoms with van der Waals surface area (Å²) in [6, 6.07) is 5.15. The van der Waals surface area contributed by atoms with Gasteiger partial charge in [-0.2, -0.15) is 11.8 Å². The van der Waals surface area contributed by atoms with E-state index in [9.17, 15) is 9.50 Å². The number of nitrogens with one attached hydrogen (secondary N) is 1. The Morgan fingerprint density at radius 1 is 1.36 bits per heavy atom. The largest absolute Gasteiger partial charge is 0.494 e. The molecule has 0 aliphatic carbocycles. The summed E-state index contributed by atoms with van der Waals surface area (Å²) in [7, 11) is 1.48. The van der Waals surface area contributed by atoms with Gasteiger partial charge in [0.2, 0.25) is 0 Å². The molecule has 0 saturated carbocycles. The van der Waals surface area contributed by atoms with Crippen molar-refractivity contribution in [3.05, 3.63) is 29.6 Å². The Morgan fingerprint density at radius 3 is 2.75 bits per heavy atom. The summed E-state index contributed by atoms with van der Waals surface area (Å²) in [5.74, 6) is 2.61. The molecule has 2 aliphatic rings. The molecule has 1 atom stereocenters. The van der Waals surface area contributed by atoms with Gasteiger partial charge >= 0.3 is 0 Å². The Hall–Kier alpha value is -1.51. The van der Waals surface area contributed by atoms with E-state index < -0.39 is 5.60 Å². The van der Waals surface area contributed by atoms with Crippen molar-refractivity contribution < 1.29 is 14.2 Å². The van der Waals surface area contributed by atoms with E-state index in [1.165, 1.54) is 7.11 Å². The second kappa shape index (κ2) is 9.80. The minimum Gasteiger partial charge on any atom is -0.494 e. The quantitative estimate of drug-likeness (QED) is 0.551. The number of ether oxygens (including phenoxy) is 1. The van der Waals surface area contributed by atoms with Crippen LogP contribution in [0.5, 0.6) is 5.75 Å². The van der Waals surface area contributed by atoms with Crippen molar-refractivity contribution >= 4 is 17.7 Å². The van der Waals surface area contributed by atoms with Crippen LogP contribution in [0.3, 0.4) is 0 Å². The maximum Gasteiger partial charge on any atom is 0.194 e. The van der Waals surface area contributed by atoms with Crippen LogP contribution in [0.25, 0.3) is 0 Å². The number of aliphatic imine (C=N–C) groups is 1. The van der Waals surface area contributed by atoms with Crippen LogP contribution in [0.15, 0.2) is 23.2 Å². The maximum atomic E-state index is 13.9. The number of thioether (sulfide) groups is 1. The Bertz CT molecular complexity index is 674. The van der Waals surface area contributed by atoms with Gasteiger partial charge < -0.3 is 20.1 Å². The average Bonchev–Trinajstić information content (AvgIpc) is 3.13. The summed E-state index contributed by atoms with van der Waals surface area (Å²) >= 11 is 1.79. The maximum absolute atomic E-state index is 13.9. The smallest absolute Gasteiger partial charge is 0.194 e. The Labute approximate surface area is 171 Å². The van der Waals surface area contributed by atoms with E-state index >= 15 is 0 Å². The number of aliphatic hydroxyl groups is 1. The van der Waals surface area contributed by atoms with Gasteiger partial charge in [-0.25, -0.2) is 4.39 Å². The van der Waals surface area contributed by atoms with Crippen LogP contribution in [0.1, 0.15) is 18.9 Å². The van der Waals surface area contributed by atoms with E-state index in [1.54, 1.807) is 23.9 Å². The van der Waals surface area contributed by atoms with Gasteiger partial charge in [0.25, 0.3) is 0 Å². The highest BCUT2D eigenvalue weighted by atomic mass is 32.2. The van der Waals surface area contributed by atoms with Crippen molar-refractivity contribution in [2.45, 2.75) is 25.5 Å². The molecule has 2 heterocycles. The Balaban J connectivity index is 1.54. The van der Waals surface area contributed by atoms with Crippen LogP contribution in [0, 0.1) is 5.82 Å². The molecule has 1 unspecified atom stereocenters. The number of methoxy groups -OCH3 is 1. The fraction of sp³-hybridized carbons (Fsp3) is 0.650. The minimum atomic E-state index is -0.661. The number of nitrogens with zero attached hydrogens (tertiary/aromatic N) is 3. The monoisotopic (exact) mass is 410 g/mol. The fourth-order valence-electron chi connectivity index (χ4n) is 3.55. The summed E-state index contributed by atoms with van der Waals surface area (Å²) < 4.78 is 18.9. The summed E-state index contributed by atoms with van der Waals surface area (Å²) in [5, 5.41) is 13.9. The topological polar surface area (TPSA) is 60.3 Å². The van der Waals surface area contributed by atoms with Gasteiger partial charge in [-0.15, -0.1) is 0 Å². The van der Waals surface area contributed by atoms with Gasteiger partial charge in [0.1, 0.15) is 0 Å². The van der Waals surface area contributed by atoms with Crippen LogP contribution in [0.2, 0.25) is 0 Å². The third-order valence-electron chi connectivity index (χ3n) is 5.23. The van der Waals surface area contributed by atoms with Crippen LogP contribution in [-0.2, 0) is 6.54 Å². The number of guanidine groups is 1. The molecule has 0 aromatic heterocycles. The van der Waals surface area contributed by atoms with Crippen molar-refractivity contribution in [1.29, 1.82) is 0 Å². The van der Waals surface area contributed by atoms with Crippen LogP contribution >= 0.6 is 11.8 Å². The number of benzene rings is 1. The zero-order valence-electron chi connectivity index (χ0n) is 16.8. The third kappa shape index (κ3) is 5.52. The lowest BCUT2D eigenvalue weighted by molar-refractivity contribution is 0.0773.